The van der Waals surface area contributed by atoms with Crippen molar-refractivity contribution in [1.82, 2.24) is 4.98 Å². The third kappa shape index (κ3) is 4.38. The molecule has 1 heterocycles. The van der Waals surface area contributed by atoms with Crippen LogP contribution in [0.3, 0.4) is 0 Å². The summed E-state index contributed by atoms with van der Waals surface area (Å²) in [5, 5.41) is 0. The zero-order valence-corrected chi connectivity index (χ0v) is 13.6. The lowest BCUT2D eigenvalue weighted by Gasteiger charge is -2.22. The monoisotopic (exact) mass is 289 g/mol. The first kappa shape index (κ1) is 15.7. The van der Waals surface area contributed by atoms with Crippen molar-refractivity contribution in [3.8, 4) is 0 Å². The lowest BCUT2D eigenvalue weighted by molar-refractivity contribution is 0.496. The summed E-state index contributed by atoms with van der Waals surface area (Å²) in [4.78, 5) is 6.87. The molecule has 0 saturated heterocycles. The molecule has 0 fully saturated rings. The largest absolute Gasteiger partial charge is 0.423 e. The van der Waals surface area contributed by atoms with Gasteiger partial charge in [0.1, 0.15) is 5.52 Å². The second-order valence-corrected chi connectivity index (χ2v) is 6.58. The van der Waals surface area contributed by atoms with Crippen LogP contribution >= 0.6 is 0 Å². The van der Waals surface area contributed by atoms with Crippen LogP contribution in [0.5, 0.6) is 0 Å². The molecule has 4 nitrogen and oxygen atoms in total. The van der Waals surface area contributed by atoms with E-state index < -0.39 is 0 Å². The summed E-state index contributed by atoms with van der Waals surface area (Å²) in [7, 11) is 0. The molecule has 4 heteroatoms. The van der Waals surface area contributed by atoms with E-state index in [1.54, 1.807) is 0 Å². The number of aromatic nitrogens is 1. The number of oxazole rings is 1. The topological polar surface area (TPSA) is 55.3 Å². The number of hydrogen-bond acceptors (Lipinski definition) is 4. The van der Waals surface area contributed by atoms with Crippen molar-refractivity contribution >= 4 is 22.8 Å². The molecule has 0 aliphatic carbocycles. The van der Waals surface area contributed by atoms with E-state index >= 15 is 0 Å². The van der Waals surface area contributed by atoms with Crippen LogP contribution in [-0.2, 0) is 0 Å². The number of nitrogens with two attached hydrogens (primary N) is 1. The van der Waals surface area contributed by atoms with Gasteiger partial charge in [-0.25, -0.2) is 0 Å². The number of nitrogens with zero attached hydrogens (tertiary/aromatic N) is 2. The molecular weight excluding hydrogens is 262 g/mol. The molecule has 0 amide bonds. The molecule has 0 bridgehead atoms. The predicted octanol–water partition coefficient (Wildman–Crippen LogP) is 4.31. The lowest BCUT2D eigenvalue weighted by Crippen LogP contribution is -2.27. The molecule has 0 aliphatic heterocycles. The van der Waals surface area contributed by atoms with Crippen molar-refractivity contribution in [1.29, 1.82) is 0 Å². The third-order valence-electron chi connectivity index (χ3n) is 3.62. The Morgan fingerprint density at radius 1 is 1.10 bits per heavy atom. The number of hydrogen-bond donors (Lipinski definition) is 1. The number of fused-ring (bicyclic) bond motifs is 1. The predicted molar refractivity (Wildman–Crippen MR) is 89.5 cm³/mol. The number of nitrogen functional groups attached to an aromatic ring is 1. The molecule has 2 rings (SSSR count). The first-order valence-corrected chi connectivity index (χ1v) is 7.86. The maximum Gasteiger partial charge on any atom is 0.298 e. The molecule has 116 valence electrons. The van der Waals surface area contributed by atoms with Crippen LogP contribution in [0.2, 0.25) is 0 Å². The van der Waals surface area contributed by atoms with Crippen LogP contribution in [0.4, 0.5) is 11.7 Å². The van der Waals surface area contributed by atoms with Crippen LogP contribution in [0.25, 0.3) is 11.1 Å². The summed E-state index contributed by atoms with van der Waals surface area (Å²) in [6, 6.07) is 6.33. The third-order valence-corrected chi connectivity index (χ3v) is 3.62. The Morgan fingerprint density at radius 2 is 1.71 bits per heavy atom. The maximum absolute atomic E-state index is 5.91. The molecule has 0 saturated carbocycles. The molecule has 0 radical (unpaired) electrons. The number of anilines is 2. The molecule has 0 unspecified atom stereocenters. The molecule has 0 spiro atoms. The highest BCUT2D eigenvalue weighted by Gasteiger charge is 2.15. The molecule has 0 aliphatic rings. The fraction of sp³-hybridized carbons (Fsp3) is 0.588. The van der Waals surface area contributed by atoms with Crippen LogP contribution in [0, 0.1) is 11.8 Å². The minimum atomic E-state index is 0.673. The first-order chi connectivity index (χ1) is 9.95. The normalized spacial score (nSPS) is 11.7. The minimum Gasteiger partial charge on any atom is -0.423 e. The fourth-order valence-electron chi connectivity index (χ4n) is 2.20. The van der Waals surface area contributed by atoms with Gasteiger partial charge in [0.05, 0.1) is 0 Å². The summed E-state index contributed by atoms with van der Waals surface area (Å²) in [5.41, 5.74) is 8.17. The van der Waals surface area contributed by atoms with E-state index in [0.717, 1.165) is 48.7 Å². The van der Waals surface area contributed by atoms with E-state index in [0.29, 0.717) is 11.8 Å². The van der Waals surface area contributed by atoms with Crippen LogP contribution in [-0.4, -0.2) is 18.1 Å². The Balaban J connectivity index is 2.19. The summed E-state index contributed by atoms with van der Waals surface area (Å²) < 4.78 is 5.91. The molecular formula is C17H27N3O. The Hall–Kier alpha value is -1.71. The van der Waals surface area contributed by atoms with Crippen LogP contribution < -0.4 is 10.6 Å². The number of rotatable bonds is 7. The van der Waals surface area contributed by atoms with Gasteiger partial charge < -0.3 is 15.1 Å². The summed E-state index contributed by atoms with van der Waals surface area (Å²) in [6.45, 7) is 10.9. The van der Waals surface area contributed by atoms with Gasteiger partial charge in [-0.3, -0.25) is 0 Å². The summed E-state index contributed by atoms with van der Waals surface area (Å²) in [6.07, 6.45) is 2.28. The van der Waals surface area contributed by atoms with Crippen molar-refractivity contribution in [3.63, 3.8) is 0 Å². The standard InChI is InChI=1S/C17H27N3O/c1-12(2)7-9-20(10-8-13(3)4)17-19-15-11-14(18)5-6-16(15)21-17/h5-6,11-13H,7-10,18H2,1-4H3. The highest BCUT2D eigenvalue weighted by Crippen LogP contribution is 2.24. The lowest BCUT2D eigenvalue weighted by atomic mass is 10.1. The quantitative estimate of drug-likeness (QED) is 0.772. The van der Waals surface area contributed by atoms with E-state index in [4.69, 9.17) is 10.2 Å². The molecule has 2 N–H and O–H groups in total. The van der Waals surface area contributed by atoms with Gasteiger partial charge in [-0.2, -0.15) is 4.98 Å². The average molecular weight is 289 g/mol. The minimum absolute atomic E-state index is 0.673. The van der Waals surface area contributed by atoms with Crippen molar-refractivity contribution in [2.75, 3.05) is 23.7 Å². The van der Waals surface area contributed by atoms with Crippen molar-refractivity contribution in [2.45, 2.75) is 40.5 Å². The van der Waals surface area contributed by atoms with Gasteiger partial charge in [0, 0.05) is 18.8 Å². The number of benzene rings is 1. The van der Waals surface area contributed by atoms with E-state index in [2.05, 4.69) is 37.6 Å². The van der Waals surface area contributed by atoms with Crippen LogP contribution in [0.15, 0.2) is 22.6 Å². The van der Waals surface area contributed by atoms with Gasteiger partial charge in [-0.05, 0) is 42.9 Å². The van der Waals surface area contributed by atoms with Crippen molar-refractivity contribution < 1.29 is 4.42 Å². The van der Waals surface area contributed by atoms with Gasteiger partial charge in [0.2, 0.25) is 0 Å². The van der Waals surface area contributed by atoms with Gasteiger partial charge in [-0.1, -0.05) is 27.7 Å². The maximum atomic E-state index is 5.91. The second-order valence-electron chi connectivity index (χ2n) is 6.58. The van der Waals surface area contributed by atoms with E-state index in [1.165, 1.54) is 0 Å². The Morgan fingerprint density at radius 3 is 2.29 bits per heavy atom. The van der Waals surface area contributed by atoms with Crippen LogP contribution in [0.1, 0.15) is 40.5 Å². The van der Waals surface area contributed by atoms with Gasteiger partial charge in [-0.15, -0.1) is 0 Å². The highest BCUT2D eigenvalue weighted by molar-refractivity contribution is 5.78. The highest BCUT2D eigenvalue weighted by atomic mass is 16.4. The molecule has 21 heavy (non-hydrogen) atoms. The summed E-state index contributed by atoms with van der Waals surface area (Å²) in [5.74, 6) is 1.35. The SMILES string of the molecule is CC(C)CCN(CCC(C)C)c1nc2cc(N)ccc2o1. The van der Waals surface area contributed by atoms with Crippen molar-refractivity contribution in [3.05, 3.63) is 18.2 Å². The molecule has 1 aromatic heterocycles. The Bertz CT molecular complexity index is 562. The van der Waals surface area contributed by atoms with E-state index in [9.17, 15) is 0 Å². The van der Waals surface area contributed by atoms with E-state index in [-0.39, 0.29) is 0 Å². The van der Waals surface area contributed by atoms with Crippen molar-refractivity contribution in [2.24, 2.45) is 11.8 Å². The second kappa shape index (κ2) is 6.83. The fourth-order valence-corrected chi connectivity index (χ4v) is 2.20. The van der Waals surface area contributed by atoms with Gasteiger partial charge in [0.25, 0.3) is 6.01 Å². The summed E-state index contributed by atoms with van der Waals surface area (Å²) >= 11 is 0. The smallest absolute Gasteiger partial charge is 0.298 e. The molecule has 2 aromatic rings. The average Bonchev–Trinajstić information content (AvgIpc) is 2.80. The molecule has 0 atom stereocenters. The first-order valence-electron chi connectivity index (χ1n) is 7.86. The Kier molecular flexibility index (Phi) is 5.10. The zero-order chi connectivity index (χ0) is 15.4. The van der Waals surface area contributed by atoms with E-state index in [1.807, 2.05) is 18.2 Å². The molecule has 1 aromatic carbocycles. The van der Waals surface area contributed by atoms with Gasteiger partial charge in [0.15, 0.2) is 5.58 Å². The Labute approximate surface area is 127 Å². The zero-order valence-electron chi connectivity index (χ0n) is 13.6. The van der Waals surface area contributed by atoms with Gasteiger partial charge >= 0.3 is 0 Å².